The van der Waals surface area contributed by atoms with Crippen LogP contribution < -0.4 is 5.73 Å². The van der Waals surface area contributed by atoms with E-state index in [-0.39, 0.29) is 0 Å². The first-order valence-electron chi connectivity index (χ1n) is 6.76. The summed E-state index contributed by atoms with van der Waals surface area (Å²) in [5.41, 5.74) is 8.48. The fraction of sp³-hybridized carbons (Fsp3) is 0.769. The minimum Gasteiger partial charge on any atom is -0.328 e. The molecule has 0 saturated carbocycles. The molecule has 2 heterocycles. The Morgan fingerprint density at radius 3 is 2.65 bits per heavy atom. The smallest absolute Gasteiger partial charge is 0.0625 e. The minimum atomic E-state index is 0.411. The number of hydrogen-bond acceptors (Lipinski definition) is 3. The maximum atomic E-state index is 5.93. The molecule has 2 N–H and O–H groups in total. The molecule has 1 aromatic heterocycles. The van der Waals surface area contributed by atoms with Gasteiger partial charge in [0, 0.05) is 32.2 Å². The van der Waals surface area contributed by atoms with Gasteiger partial charge in [0.25, 0.3) is 0 Å². The van der Waals surface area contributed by atoms with Crippen LogP contribution in [0.5, 0.6) is 0 Å². The Balaban J connectivity index is 1.99. The van der Waals surface area contributed by atoms with Crippen molar-refractivity contribution in [2.75, 3.05) is 13.1 Å². The van der Waals surface area contributed by atoms with E-state index in [2.05, 4.69) is 34.6 Å². The average molecular weight is 236 g/mol. The molecule has 1 aliphatic heterocycles. The number of rotatable bonds is 4. The lowest BCUT2D eigenvalue weighted by Gasteiger charge is -2.29. The van der Waals surface area contributed by atoms with E-state index in [1.54, 1.807) is 0 Å². The van der Waals surface area contributed by atoms with Gasteiger partial charge in [0.2, 0.25) is 0 Å². The van der Waals surface area contributed by atoms with Crippen molar-refractivity contribution in [2.24, 2.45) is 5.73 Å². The van der Waals surface area contributed by atoms with Crippen molar-refractivity contribution in [3.8, 4) is 0 Å². The SMILES string of the molecule is CCc1cc(CN2CCC(N)CC2)n(CC)n1. The summed E-state index contributed by atoms with van der Waals surface area (Å²) in [6, 6.07) is 2.66. The number of nitrogens with two attached hydrogens (primary N) is 1. The number of hydrogen-bond donors (Lipinski definition) is 1. The van der Waals surface area contributed by atoms with Gasteiger partial charge in [-0.1, -0.05) is 6.92 Å². The molecule has 4 nitrogen and oxygen atoms in total. The first-order chi connectivity index (χ1) is 8.22. The zero-order chi connectivity index (χ0) is 12.3. The Labute approximate surface area is 104 Å². The van der Waals surface area contributed by atoms with Gasteiger partial charge < -0.3 is 5.73 Å². The van der Waals surface area contributed by atoms with Gasteiger partial charge in [0.15, 0.2) is 0 Å². The second-order valence-corrected chi connectivity index (χ2v) is 4.91. The van der Waals surface area contributed by atoms with Crippen molar-refractivity contribution in [1.82, 2.24) is 14.7 Å². The summed E-state index contributed by atoms with van der Waals surface area (Å²) < 4.78 is 2.13. The van der Waals surface area contributed by atoms with E-state index in [0.29, 0.717) is 6.04 Å². The number of likely N-dealkylation sites (tertiary alicyclic amines) is 1. The number of piperidine rings is 1. The fourth-order valence-corrected chi connectivity index (χ4v) is 2.43. The van der Waals surface area contributed by atoms with Crippen LogP contribution in [0.15, 0.2) is 6.07 Å². The Kier molecular flexibility index (Phi) is 4.18. The van der Waals surface area contributed by atoms with Gasteiger partial charge in [-0.15, -0.1) is 0 Å². The predicted molar refractivity (Wildman–Crippen MR) is 69.8 cm³/mol. The maximum Gasteiger partial charge on any atom is 0.0625 e. The van der Waals surface area contributed by atoms with E-state index in [4.69, 9.17) is 5.73 Å². The molecule has 0 bridgehead atoms. The lowest BCUT2D eigenvalue weighted by atomic mass is 10.1. The van der Waals surface area contributed by atoms with E-state index < -0.39 is 0 Å². The third-order valence-electron chi connectivity index (χ3n) is 3.59. The summed E-state index contributed by atoms with van der Waals surface area (Å²) in [7, 11) is 0. The van der Waals surface area contributed by atoms with Crippen molar-refractivity contribution < 1.29 is 0 Å². The highest BCUT2D eigenvalue weighted by Crippen LogP contribution is 2.14. The lowest BCUT2D eigenvalue weighted by molar-refractivity contribution is 0.200. The standard InChI is InChI=1S/C13H24N4/c1-3-12-9-13(17(4-2)15-12)10-16-7-5-11(14)6-8-16/h9,11H,3-8,10,14H2,1-2H3. The number of aryl methyl sites for hydroxylation is 2. The molecule has 4 heteroatoms. The summed E-state index contributed by atoms with van der Waals surface area (Å²) in [4.78, 5) is 2.49. The Bertz CT molecular complexity index is 350. The van der Waals surface area contributed by atoms with E-state index in [1.807, 2.05) is 0 Å². The zero-order valence-corrected chi connectivity index (χ0v) is 11.0. The van der Waals surface area contributed by atoms with Gasteiger partial charge in [0.1, 0.15) is 0 Å². The molecular weight excluding hydrogens is 212 g/mol. The van der Waals surface area contributed by atoms with Gasteiger partial charge in [-0.2, -0.15) is 5.10 Å². The molecule has 0 aliphatic carbocycles. The Hall–Kier alpha value is -0.870. The number of nitrogens with zero attached hydrogens (tertiary/aromatic N) is 3. The van der Waals surface area contributed by atoms with Crippen LogP contribution in [-0.4, -0.2) is 33.8 Å². The molecule has 0 atom stereocenters. The van der Waals surface area contributed by atoms with Crippen LogP contribution in [0.1, 0.15) is 38.1 Å². The van der Waals surface area contributed by atoms with Crippen molar-refractivity contribution >= 4 is 0 Å². The summed E-state index contributed by atoms with van der Waals surface area (Å²) in [5, 5.41) is 4.59. The normalized spacial score (nSPS) is 18.8. The molecule has 0 spiro atoms. The molecule has 2 rings (SSSR count). The largest absolute Gasteiger partial charge is 0.328 e. The second-order valence-electron chi connectivity index (χ2n) is 4.91. The zero-order valence-electron chi connectivity index (χ0n) is 11.0. The van der Waals surface area contributed by atoms with Crippen LogP contribution >= 0.6 is 0 Å². The molecule has 0 unspecified atom stereocenters. The molecule has 1 fully saturated rings. The Morgan fingerprint density at radius 1 is 1.35 bits per heavy atom. The first kappa shape index (κ1) is 12.6. The molecule has 0 amide bonds. The molecule has 17 heavy (non-hydrogen) atoms. The minimum absolute atomic E-state index is 0.411. The van der Waals surface area contributed by atoms with Gasteiger partial charge in [-0.05, 0) is 32.3 Å². The monoisotopic (exact) mass is 236 g/mol. The van der Waals surface area contributed by atoms with Crippen molar-refractivity contribution in [1.29, 1.82) is 0 Å². The summed E-state index contributed by atoms with van der Waals surface area (Å²) in [5.74, 6) is 0. The van der Waals surface area contributed by atoms with Gasteiger partial charge >= 0.3 is 0 Å². The molecule has 0 aromatic carbocycles. The molecule has 1 aliphatic rings. The third kappa shape index (κ3) is 3.07. The van der Waals surface area contributed by atoms with Crippen LogP contribution in [0.3, 0.4) is 0 Å². The molecule has 1 aromatic rings. The van der Waals surface area contributed by atoms with Crippen LogP contribution in [0.2, 0.25) is 0 Å². The van der Waals surface area contributed by atoms with Crippen LogP contribution in [0.25, 0.3) is 0 Å². The molecule has 96 valence electrons. The van der Waals surface area contributed by atoms with Gasteiger partial charge in [0.05, 0.1) is 11.4 Å². The highest BCUT2D eigenvalue weighted by Gasteiger charge is 2.17. The van der Waals surface area contributed by atoms with Crippen molar-refractivity contribution in [3.63, 3.8) is 0 Å². The van der Waals surface area contributed by atoms with Gasteiger partial charge in [-0.25, -0.2) is 0 Å². The quantitative estimate of drug-likeness (QED) is 0.859. The van der Waals surface area contributed by atoms with Crippen LogP contribution in [-0.2, 0) is 19.5 Å². The van der Waals surface area contributed by atoms with E-state index in [1.165, 1.54) is 11.4 Å². The first-order valence-corrected chi connectivity index (χ1v) is 6.76. The molecule has 1 saturated heterocycles. The van der Waals surface area contributed by atoms with E-state index in [9.17, 15) is 0 Å². The fourth-order valence-electron chi connectivity index (χ4n) is 2.43. The van der Waals surface area contributed by atoms with Gasteiger partial charge in [-0.3, -0.25) is 9.58 Å². The number of aromatic nitrogens is 2. The third-order valence-corrected chi connectivity index (χ3v) is 3.59. The predicted octanol–water partition coefficient (Wildman–Crippen LogP) is 1.39. The maximum absolute atomic E-state index is 5.93. The Morgan fingerprint density at radius 2 is 2.06 bits per heavy atom. The summed E-state index contributed by atoms with van der Waals surface area (Å²) >= 11 is 0. The van der Waals surface area contributed by atoms with E-state index in [0.717, 1.165) is 45.4 Å². The van der Waals surface area contributed by atoms with E-state index >= 15 is 0 Å². The van der Waals surface area contributed by atoms with Crippen molar-refractivity contribution in [2.45, 2.75) is 52.2 Å². The van der Waals surface area contributed by atoms with Crippen LogP contribution in [0, 0.1) is 0 Å². The molecular formula is C13H24N4. The second kappa shape index (κ2) is 5.65. The lowest BCUT2D eigenvalue weighted by Crippen LogP contribution is -2.39. The average Bonchev–Trinajstić information content (AvgIpc) is 2.74. The van der Waals surface area contributed by atoms with Crippen molar-refractivity contribution in [3.05, 3.63) is 17.5 Å². The summed E-state index contributed by atoms with van der Waals surface area (Å²) in [6.07, 6.45) is 3.27. The highest BCUT2D eigenvalue weighted by atomic mass is 15.3. The molecule has 0 radical (unpaired) electrons. The van der Waals surface area contributed by atoms with Crippen LogP contribution in [0.4, 0.5) is 0 Å². The highest BCUT2D eigenvalue weighted by molar-refractivity contribution is 5.10. The topological polar surface area (TPSA) is 47.1 Å². The summed E-state index contributed by atoms with van der Waals surface area (Å²) in [6.45, 7) is 8.54.